The molecule has 4 nitrogen and oxygen atoms in total. The number of aromatic nitrogens is 1. The molecule has 0 atom stereocenters. The lowest BCUT2D eigenvalue weighted by atomic mass is 9.73. The van der Waals surface area contributed by atoms with Gasteiger partial charge in [0.2, 0.25) is 0 Å². The second-order valence-corrected chi connectivity index (χ2v) is 6.78. The Bertz CT molecular complexity index is 491. The molecule has 1 aliphatic heterocycles. The van der Waals surface area contributed by atoms with Crippen molar-refractivity contribution in [1.82, 2.24) is 15.2 Å². The highest BCUT2D eigenvalue weighted by atomic mass is 15.3. The van der Waals surface area contributed by atoms with E-state index in [1.165, 1.54) is 45.1 Å². The Labute approximate surface area is 134 Å². The van der Waals surface area contributed by atoms with Gasteiger partial charge >= 0.3 is 0 Å². The molecule has 1 spiro atoms. The van der Waals surface area contributed by atoms with Crippen molar-refractivity contribution in [3.05, 3.63) is 30.1 Å². The van der Waals surface area contributed by atoms with Gasteiger partial charge in [-0.1, -0.05) is 25.3 Å². The first-order valence-electron chi connectivity index (χ1n) is 8.67. The summed E-state index contributed by atoms with van der Waals surface area (Å²) < 4.78 is 0. The first kappa shape index (κ1) is 15.3. The fourth-order valence-corrected chi connectivity index (χ4v) is 4.01. The van der Waals surface area contributed by atoms with Crippen molar-refractivity contribution >= 4 is 5.96 Å². The third-order valence-electron chi connectivity index (χ3n) is 5.25. The van der Waals surface area contributed by atoms with Crippen molar-refractivity contribution < 1.29 is 0 Å². The number of nitrogens with one attached hydrogen (secondary N) is 1. The zero-order valence-corrected chi connectivity index (χ0v) is 13.7. The summed E-state index contributed by atoms with van der Waals surface area (Å²) in [6, 6.07) is 6.09. The van der Waals surface area contributed by atoms with Crippen LogP contribution in [0.15, 0.2) is 29.4 Å². The predicted molar refractivity (Wildman–Crippen MR) is 91.0 cm³/mol. The van der Waals surface area contributed by atoms with Gasteiger partial charge in [0.1, 0.15) is 0 Å². The van der Waals surface area contributed by atoms with E-state index in [1.54, 1.807) is 0 Å². The van der Waals surface area contributed by atoms with E-state index in [2.05, 4.69) is 26.3 Å². The number of hydrogen-bond acceptors (Lipinski definition) is 2. The quantitative estimate of drug-likeness (QED) is 0.689. The van der Waals surface area contributed by atoms with Gasteiger partial charge in [-0.3, -0.25) is 9.98 Å². The van der Waals surface area contributed by atoms with Crippen molar-refractivity contribution in [2.45, 2.75) is 44.9 Å². The van der Waals surface area contributed by atoms with E-state index in [0.29, 0.717) is 5.41 Å². The maximum absolute atomic E-state index is 4.49. The normalized spacial score (nSPS) is 21.3. The molecule has 1 saturated carbocycles. The van der Waals surface area contributed by atoms with Gasteiger partial charge in [0.25, 0.3) is 0 Å². The Morgan fingerprint density at radius 3 is 2.86 bits per heavy atom. The molecule has 3 rings (SSSR count). The fourth-order valence-electron chi connectivity index (χ4n) is 4.01. The van der Waals surface area contributed by atoms with E-state index in [9.17, 15) is 0 Å². The van der Waals surface area contributed by atoms with Crippen LogP contribution in [0.3, 0.4) is 0 Å². The van der Waals surface area contributed by atoms with Crippen LogP contribution >= 0.6 is 0 Å². The number of likely N-dealkylation sites (tertiary alicyclic amines) is 1. The van der Waals surface area contributed by atoms with Gasteiger partial charge < -0.3 is 10.2 Å². The first-order valence-corrected chi connectivity index (χ1v) is 8.67. The number of pyridine rings is 1. The van der Waals surface area contributed by atoms with Crippen molar-refractivity contribution in [2.24, 2.45) is 10.4 Å². The SMILES string of the molecule is CN=C(NCCc1ccccn1)N1CCC2(CCCCC2)C1. The van der Waals surface area contributed by atoms with Crippen LogP contribution in [0.1, 0.15) is 44.2 Å². The Morgan fingerprint density at radius 1 is 1.27 bits per heavy atom. The van der Waals surface area contributed by atoms with E-state index in [4.69, 9.17) is 0 Å². The van der Waals surface area contributed by atoms with Gasteiger partial charge in [-0.15, -0.1) is 0 Å². The molecule has 0 unspecified atom stereocenters. The van der Waals surface area contributed by atoms with Crippen LogP contribution in [0.25, 0.3) is 0 Å². The molecule has 1 N–H and O–H groups in total. The van der Waals surface area contributed by atoms with Crippen LogP contribution in [0.4, 0.5) is 0 Å². The second kappa shape index (κ2) is 7.12. The van der Waals surface area contributed by atoms with Crippen LogP contribution in [0.2, 0.25) is 0 Å². The minimum Gasteiger partial charge on any atom is -0.356 e. The topological polar surface area (TPSA) is 40.5 Å². The molecule has 0 radical (unpaired) electrons. The van der Waals surface area contributed by atoms with Gasteiger partial charge in [-0.05, 0) is 36.8 Å². The molecule has 0 bridgehead atoms. The maximum atomic E-state index is 4.49. The smallest absolute Gasteiger partial charge is 0.193 e. The molecule has 2 aliphatic rings. The molecule has 1 aromatic rings. The van der Waals surface area contributed by atoms with Gasteiger partial charge in [-0.2, -0.15) is 0 Å². The van der Waals surface area contributed by atoms with E-state index < -0.39 is 0 Å². The molecule has 4 heteroatoms. The summed E-state index contributed by atoms with van der Waals surface area (Å²) in [5, 5.41) is 3.52. The van der Waals surface area contributed by atoms with Crippen LogP contribution in [0.5, 0.6) is 0 Å². The fraction of sp³-hybridized carbons (Fsp3) is 0.667. The number of rotatable bonds is 3. The van der Waals surface area contributed by atoms with E-state index in [-0.39, 0.29) is 0 Å². The summed E-state index contributed by atoms with van der Waals surface area (Å²) in [6.45, 7) is 3.24. The summed E-state index contributed by atoms with van der Waals surface area (Å²) >= 11 is 0. The molecule has 1 aliphatic carbocycles. The van der Waals surface area contributed by atoms with Crippen molar-refractivity contribution in [2.75, 3.05) is 26.7 Å². The Morgan fingerprint density at radius 2 is 2.14 bits per heavy atom. The van der Waals surface area contributed by atoms with Crippen LogP contribution in [-0.2, 0) is 6.42 Å². The highest BCUT2D eigenvalue weighted by molar-refractivity contribution is 5.80. The zero-order chi connectivity index (χ0) is 15.3. The van der Waals surface area contributed by atoms with Gasteiger partial charge in [0.15, 0.2) is 5.96 Å². The highest BCUT2D eigenvalue weighted by Gasteiger charge is 2.39. The lowest BCUT2D eigenvalue weighted by molar-refractivity contribution is 0.203. The third kappa shape index (κ3) is 3.60. The van der Waals surface area contributed by atoms with Crippen LogP contribution in [-0.4, -0.2) is 42.5 Å². The Hall–Kier alpha value is -1.58. The van der Waals surface area contributed by atoms with Gasteiger partial charge in [0.05, 0.1) is 0 Å². The second-order valence-electron chi connectivity index (χ2n) is 6.78. The van der Waals surface area contributed by atoms with Gasteiger partial charge in [-0.25, -0.2) is 0 Å². The standard InChI is InChI=1S/C18H28N4/c1-19-17(21-13-8-16-7-3-6-12-20-16)22-14-11-18(15-22)9-4-2-5-10-18/h3,6-7,12H,2,4-5,8-11,13-15H2,1H3,(H,19,21). The zero-order valence-electron chi connectivity index (χ0n) is 13.7. The average molecular weight is 300 g/mol. The van der Waals surface area contributed by atoms with Crippen molar-refractivity contribution in [1.29, 1.82) is 0 Å². The average Bonchev–Trinajstić information content (AvgIpc) is 2.96. The number of aliphatic imine (C=N–C) groups is 1. The minimum absolute atomic E-state index is 0.580. The molecular weight excluding hydrogens is 272 g/mol. The molecule has 0 aromatic carbocycles. The Balaban J connectivity index is 1.50. The number of guanidine groups is 1. The molecule has 0 amide bonds. The molecule has 2 heterocycles. The summed E-state index contributed by atoms with van der Waals surface area (Å²) in [5.41, 5.74) is 1.72. The van der Waals surface area contributed by atoms with E-state index in [1.807, 2.05) is 25.4 Å². The molecule has 22 heavy (non-hydrogen) atoms. The summed E-state index contributed by atoms with van der Waals surface area (Å²) in [7, 11) is 1.90. The minimum atomic E-state index is 0.580. The monoisotopic (exact) mass is 300 g/mol. The third-order valence-corrected chi connectivity index (χ3v) is 5.25. The maximum Gasteiger partial charge on any atom is 0.193 e. The summed E-state index contributed by atoms with van der Waals surface area (Å²) in [6.07, 6.45) is 11.2. The molecule has 1 aromatic heterocycles. The van der Waals surface area contributed by atoms with Gasteiger partial charge in [0, 0.05) is 45.0 Å². The largest absolute Gasteiger partial charge is 0.356 e. The van der Waals surface area contributed by atoms with Crippen molar-refractivity contribution in [3.8, 4) is 0 Å². The molecule has 120 valence electrons. The molecule has 1 saturated heterocycles. The van der Waals surface area contributed by atoms with E-state index >= 15 is 0 Å². The Kier molecular flexibility index (Phi) is 4.96. The van der Waals surface area contributed by atoms with Crippen LogP contribution in [0, 0.1) is 5.41 Å². The van der Waals surface area contributed by atoms with Crippen LogP contribution < -0.4 is 5.32 Å². The number of nitrogens with zero attached hydrogens (tertiary/aromatic N) is 3. The summed E-state index contributed by atoms with van der Waals surface area (Å²) in [4.78, 5) is 11.3. The van der Waals surface area contributed by atoms with E-state index in [0.717, 1.165) is 31.2 Å². The predicted octanol–water partition coefficient (Wildman–Crippen LogP) is 2.86. The molecule has 2 fully saturated rings. The van der Waals surface area contributed by atoms with Crippen molar-refractivity contribution in [3.63, 3.8) is 0 Å². The lowest BCUT2D eigenvalue weighted by Crippen LogP contribution is -2.42. The first-order chi connectivity index (χ1) is 10.8. The highest BCUT2D eigenvalue weighted by Crippen LogP contribution is 2.43. The molecular formula is C18H28N4. The number of hydrogen-bond donors (Lipinski definition) is 1. The lowest BCUT2D eigenvalue weighted by Gasteiger charge is -2.33. The summed E-state index contributed by atoms with van der Waals surface area (Å²) in [5.74, 6) is 1.07.